The van der Waals surface area contributed by atoms with Gasteiger partial charge in [0.25, 0.3) is 5.91 Å². The van der Waals surface area contributed by atoms with Crippen LogP contribution in [0, 0.1) is 12.7 Å². The quantitative estimate of drug-likeness (QED) is 0.824. The molecule has 0 aliphatic rings. The van der Waals surface area contributed by atoms with Crippen LogP contribution in [0.5, 0.6) is 0 Å². The van der Waals surface area contributed by atoms with Crippen molar-refractivity contribution in [3.05, 3.63) is 58.4 Å². The van der Waals surface area contributed by atoms with E-state index in [1.165, 1.54) is 12.1 Å². The van der Waals surface area contributed by atoms with Gasteiger partial charge in [0, 0.05) is 5.69 Å². The number of para-hydroxylation sites is 1. The maximum absolute atomic E-state index is 13.7. The van der Waals surface area contributed by atoms with Crippen LogP contribution in [-0.4, -0.2) is 5.91 Å². The first kappa shape index (κ1) is 13.4. The standard InChI is InChI=1S/C14H12ClFN2O/c1-8-4-2-5-9(13(8)17)14(19)18-11-7-3-6-10(15)12(11)16/h2-7H,17H2,1H3,(H,18,19). The molecule has 0 bridgehead atoms. The largest absolute Gasteiger partial charge is 0.398 e. The molecule has 0 saturated heterocycles. The number of halogens is 2. The number of nitrogen functional groups attached to an aromatic ring is 1. The average Bonchev–Trinajstić information content (AvgIpc) is 2.38. The van der Waals surface area contributed by atoms with Crippen molar-refractivity contribution in [2.75, 3.05) is 11.1 Å². The van der Waals surface area contributed by atoms with Crippen molar-refractivity contribution in [3.63, 3.8) is 0 Å². The predicted molar refractivity (Wildman–Crippen MR) is 75.0 cm³/mol. The lowest BCUT2D eigenvalue weighted by Gasteiger charge is -2.10. The van der Waals surface area contributed by atoms with E-state index >= 15 is 0 Å². The molecule has 0 atom stereocenters. The molecular weight excluding hydrogens is 267 g/mol. The van der Waals surface area contributed by atoms with Crippen molar-refractivity contribution < 1.29 is 9.18 Å². The van der Waals surface area contributed by atoms with Gasteiger partial charge < -0.3 is 11.1 Å². The lowest BCUT2D eigenvalue weighted by molar-refractivity contribution is 0.102. The molecule has 0 radical (unpaired) electrons. The maximum Gasteiger partial charge on any atom is 0.257 e. The second-order valence-electron chi connectivity index (χ2n) is 4.09. The predicted octanol–water partition coefficient (Wildman–Crippen LogP) is 3.62. The first-order chi connectivity index (χ1) is 9.00. The van der Waals surface area contributed by atoms with E-state index in [1.54, 1.807) is 31.2 Å². The van der Waals surface area contributed by atoms with E-state index in [2.05, 4.69) is 5.32 Å². The van der Waals surface area contributed by atoms with Crippen LogP contribution in [0.15, 0.2) is 36.4 Å². The van der Waals surface area contributed by atoms with Gasteiger partial charge >= 0.3 is 0 Å². The molecule has 0 aliphatic carbocycles. The zero-order chi connectivity index (χ0) is 14.0. The van der Waals surface area contributed by atoms with Crippen molar-refractivity contribution in [1.82, 2.24) is 0 Å². The summed E-state index contributed by atoms with van der Waals surface area (Å²) in [4.78, 5) is 12.0. The third-order valence-corrected chi connectivity index (χ3v) is 3.06. The average molecular weight is 279 g/mol. The highest BCUT2D eigenvalue weighted by molar-refractivity contribution is 6.31. The Balaban J connectivity index is 2.31. The van der Waals surface area contributed by atoms with Crippen molar-refractivity contribution in [2.45, 2.75) is 6.92 Å². The Bertz CT molecular complexity index is 643. The van der Waals surface area contributed by atoms with Crippen LogP contribution < -0.4 is 11.1 Å². The Kier molecular flexibility index (Phi) is 3.71. The molecule has 0 aliphatic heterocycles. The highest BCUT2D eigenvalue weighted by Gasteiger charge is 2.14. The number of nitrogens with one attached hydrogen (secondary N) is 1. The van der Waals surface area contributed by atoms with Gasteiger partial charge in [-0.25, -0.2) is 4.39 Å². The van der Waals surface area contributed by atoms with Crippen molar-refractivity contribution in [3.8, 4) is 0 Å². The summed E-state index contributed by atoms with van der Waals surface area (Å²) in [5, 5.41) is 2.41. The summed E-state index contributed by atoms with van der Waals surface area (Å²) in [5.41, 5.74) is 7.32. The number of anilines is 2. The van der Waals surface area contributed by atoms with E-state index in [-0.39, 0.29) is 10.7 Å². The van der Waals surface area contributed by atoms with Crippen molar-refractivity contribution in [2.24, 2.45) is 0 Å². The summed E-state index contributed by atoms with van der Waals surface area (Å²) >= 11 is 5.65. The SMILES string of the molecule is Cc1cccc(C(=O)Nc2cccc(Cl)c2F)c1N. The summed E-state index contributed by atoms with van der Waals surface area (Å²) in [6.07, 6.45) is 0. The third kappa shape index (κ3) is 2.69. The molecule has 1 amide bonds. The number of benzene rings is 2. The Morgan fingerprint density at radius 2 is 1.95 bits per heavy atom. The van der Waals surface area contributed by atoms with Gasteiger partial charge in [0.2, 0.25) is 0 Å². The number of nitrogens with two attached hydrogens (primary N) is 1. The lowest BCUT2D eigenvalue weighted by atomic mass is 10.1. The van der Waals surface area contributed by atoms with Crippen LogP contribution in [0.2, 0.25) is 5.02 Å². The van der Waals surface area contributed by atoms with Gasteiger partial charge in [-0.05, 0) is 30.7 Å². The number of aryl methyl sites for hydroxylation is 1. The van der Waals surface area contributed by atoms with Crippen LogP contribution in [0.4, 0.5) is 15.8 Å². The fourth-order valence-electron chi connectivity index (χ4n) is 1.67. The molecule has 0 heterocycles. The van der Waals surface area contributed by atoms with Crippen molar-refractivity contribution in [1.29, 1.82) is 0 Å². The van der Waals surface area contributed by atoms with Crippen molar-refractivity contribution >= 4 is 28.9 Å². The molecular formula is C14H12ClFN2O. The Morgan fingerprint density at radius 1 is 1.26 bits per heavy atom. The summed E-state index contributed by atoms with van der Waals surface area (Å²) in [6.45, 7) is 1.80. The highest BCUT2D eigenvalue weighted by Crippen LogP contribution is 2.24. The minimum atomic E-state index is -0.663. The maximum atomic E-state index is 13.7. The Labute approximate surface area is 115 Å². The van der Waals surface area contributed by atoms with Gasteiger partial charge in [-0.1, -0.05) is 29.8 Å². The zero-order valence-electron chi connectivity index (χ0n) is 10.2. The van der Waals surface area contributed by atoms with Gasteiger partial charge in [0.15, 0.2) is 5.82 Å². The normalized spacial score (nSPS) is 10.3. The van der Waals surface area contributed by atoms with E-state index < -0.39 is 11.7 Å². The van der Waals surface area contributed by atoms with Gasteiger partial charge in [-0.15, -0.1) is 0 Å². The molecule has 98 valence electrons. The molecule has 0 unspecified atom stereocenters. The summed E-state index contributed by atoms with van der Waals surface area (Å²) in [7, 11) is 0. The summed E-state index contributed by atoms with van der Waals surface area (Å²) < 4.78 is 13.7. The van der Waals surface area contributed by atoms with E-state index in [9.17, 15) is 9.18 Å². The van der Waals surface area contributed by atoms with Crippen LogP contribution >= 0.6 is 11.6 Å². The number of hydrogen-bond acceptors (Lipinski definition) is 2. The Hall–Kier alpha value is -2.07. The monoisotopic (exact) mass is 278 g/mol. The molecule has 0 aromatic heterocycles. The Morgan fingerprint density at radius 3 is 2.68 bits per heavy atom. The van der Waals surface area contributed by atoms with Crippen LogP contribution in [-0.2, 0) is 0 Å². The van der Waals surface area contributed by atoms with Gasteiger partial charge in [0.1, 0.15) is 0 Å². The summed E-state index contributed by atoms with van der Waals surface area (Å²) in [5.74, 6) is -1.13. The number of rotatable bonds is 2. The van der Waals surface area contributed by atoms with E-state index in [0.29, 0.717) is 11.3 Å². The fourth-order valence-corrected chi connectivity index (χ4v) is 1.84. The minimum absolute atomic E-state index is 0.0263. The topological polar surface area (TPSA) is 55.1 Å². The first-order valence-corrected chi connectivity index (χ1v) is 5.99. The first-order valence-electron chi connectivity index (χ1n) is 5.61. The lowest BCUT2D eigenvalue weighted by Crippen LogP contribution is -2.15. The van der Waals surface area contributed by atoms with Crippen LogP contribution in [0.1, 0.15) is 15.9 Å². The highest BCUT2D eigenvalue weighted by atomic mass is 35.5. The molecule has 2 aromatic rings. The molecule has 0 spiro atoms. The van der Waals surface area contributed by atoms with Crippen LogP contribution in [0.25, 0.3) is 0 Å². The smallest absolute Gasteiger partial charge is 0.257 e. The minimum Gasteiger partial charge on any atom is -0.398 e. The zero-order valence-corrected chi connectivity index (χ0v) is 11.0. The third-order valence-electron chi connectivity index (χ3n) is 2.77. The molecule has 5 heteroatoms. The van der Waals surface area contributed by atoms with Gasteiger partial charge in [0.05, 0.1) is 16.3 Å². The summed E-state index contributed by atoms with van der Waals surface area (Å²) in [6, 6.07) is 9.50. The van der Waals surface area contributed by atoms with Crippen LogP contribution in [0.3, 0.4) is 0 Å². The molecule has 3 N–H and O–H groups in total. The van der Waals surface area contributed by atoms with E-state index in [4.69, 9.17) is 17.3 Å². The number of hydrogen-bond donors (Lipinski definition) is 2. The number of carbonyl (C=O) groups is 1. The second-order valence-corrected chi connectivity index (χ2v) is 4.50. The molecule has 0 saturated carbocycles. The van der Waals surface area contributed by atoms with E-state index in [0.717, 1.165) is 5.56 Å². The second kappa shape index (κ2) is 5.28. The molecule has 0 fully saturated rings. The number of carbonyl (C=O) groups excluding carboxylic acids is 1. The van der Waals surface area contributed by atoms with Gasteiger partial charge in [-0.3, -0.25) is 4.79 Å². The molecule has 19 heavy (non-hydrogen) atoms. The van der Waals surface area contributed by atoms with E-state index in [1.807, 2.05) is 0 Å². The van der Waals surface area contributed by atoms with Gasteiger partial charge in [-0.2, -0.15) is 0 Å². The molecule has 3 nitrogen and oxygen atoms in total. The number of amides is 1. The molecule has 2 rings (SSSR count). The molecule has 2 aromatic carbocycles. The fraction of sp³-hybridized carbons (Fsp3) is 0.0714.